The maximum atomic E-state index is 11.6. The summed E-state index contributed by atoms with van der Waals surface area (Å²) in [7, 11) is 0. The Balaban J connectivity index is 0.00000289. The molecule has 0 saturated carbocycles. The smallest absolute Gasteiger partial charge is 0.260 e. The normalized spacial score (nSPS) is 11.3. The highest BCUT2D eigenvalue weighted by Gasteiger charge is 2.13. The average Bonchev–Trinajstić information content (AvgIpc) is 2.32. The summed E-state index contributed by atoms with van der Waals surface area (Å²) >= 11 is 3.34. The van der Waals surface area contributed by atoms with Crippen LogP contribution in [-0.4, -0.2) is 25.1 Å². The predicted molar refractivity (Wildman–Crippen MR) is 78.2 cm³/mol. The number of hydrogen-bond acceptors (Lipinski definition) is 3. The van der Waals surface area contributed by atoms with Gasteiger partial charge in [-0.05, 0) is 44.2 Å². The van der Waals surface area contributed by atoms with Crippen molar-refractivity contribution in [3.05, 3.63) is 28.7 Å². The summed E-state index contributed by atoms with van der Waals surface area (Å²) in [6.45, 7) is 2.88. The van der Waals surface area contributed by atoms with Crippen LogP contribution in [0.3, 0.4) is 0 Å². The number of rotatable bonds is 6. The summed E-state index contributed by atoms with van der Waals surface area (Å²) in [5.74, 6) is 0.552. The number of nitrogens with two attached hydrogens (primary N) is 1. The zero-order chi connectivity index (χ0) is 12.7. The minimum Gasteiger partial charge on any atom is -0.481 e. The zero-order valence-corrected chi connectivity index (χ0v) is 12.6. The van der Waals surface area contributed by atoms with E-state index in [1.165, 1.54) is 0 Å². The highest BCUT2D eigenvalue weighted by Crippen LogP contribution is 2.17. The van der Waals surface area contributed by atoms with Gasteiger partial charge in [-0.3, -0.25) is 4.79 Å². The van der Waals surface area contributed by atoms with E-state index in [0.29, 0.717) is 18.8 Å². The van der Waals surface area contributed by atoms with Crippen molar-refractivity contribution in [2.75, 3.05) is 13.1 Å². The van der Waals surface area contributed by atoms with Crippen LogP contribution in [0.1, 0.15) is 13.3 Å². The molecule has 0 aromatic heterocycles. The molecule has 0 saturated heterocycles. The predicted octanol–water partition coefficient (Wildman–Crippen LogP) is 2.10. The third-order valence-electron chi connectivity index (χ3n) is 2.18. The van der Waals surface area contributed by atoms with Crippen LogP contribution in [0.4, 0.5) is 0 Å². The monoisotopic (exact) mass is 336 g/mol. The lowest BCUT2D eigenvalue weighted by molar-refractivity contribution is -0.127. The minimum absolute atomic E-state index is 0. The van der Waals surface area contributed by atoms with Crippen LogP contribution in [0.2, 0.25) is 0 Å². The molecule has 1 aromatic rings. The van der Waals surface area contributed by atoms with Crippen molar-refractivity contribution in [2.45, 2.75) is 19.4 Å². The summed E-state index contributed by atoms with van der Waals surface area (Å²) in [5.41, 5.74) is 5.34. The summed E-state index contributed by atoms with van der Waals surface area (Å²) < 4.78 is 6.47. The van der Waals surface area contributed by atoms with E-state index in [1.54, 1.807) is 6.92 Å². The molecular weight excluding hydrogens is 320 g/mol. The van der Waals surface area contributed by atoms with E-state index in [2.05, 4.69) is 21.2 Å². The molecule has 1 aromatic carbocycles. The fourth-order valence-corrected chi connectivity index (χ4v) is 1.49. The Kier molecular flexibility index (Phi) is 8.79. The lowest BCUT2D eigenvalue weighted by atomic mass is 10.3. The van der Waals surface area contributed by atoms with Crippen LogP contribution >= 0.6 is 28.3 Å². The van der Waals surface area contributed by atoms with Gasteiger partial charge in [-0.1, -0.05) is 15.9 Å². The second-order valence-corrected chi connectivity index (χ2v) is 4.56. The molecule has 4 nitrogen and oxygen atoms in total. The zero-order valence-electron chi connectivity index (χ0n) is 10.2. The molecule has 1 amide bonds. The average molecular weight is 338 g/mol. The van der Waals surface area contributed by atoms with Crippen molar-refractivity contribution in [1.82, 2.24) is 5.32 Å². The summed E-state index contributed by atoms with van der Waals surface area (Å²) in [6.07, 6.45) is 0.269. The Morgan fingerprint density at radius 3 is 2.61 bits per heavy atom. The second-order valence-electron chi connectivity index (χ2n) is 3.65. The molecule has 6 heteroatoms. The molecule has 1 rings (SSSR count). The van der Waals surface area contributed by atoms with E-state index >= 15 is 0 Å². The largest absolute Gasteiger partial charge is 0.481 e. The Bertz CT molecular complexity index is 360. The van der Waals surface area contributed by atoms with Crippen LogP contribution in [0, 0.1) is 0 Å². The van der Waals surface area contributed by atoms with Crippen LogP contribution in [0.5, 0.6) is 5.75 Å². The van der Waals surface area contributed by atoms with E-state index in [4.69, 9.17) is 10.5 Å². The SMILES string of the molecule is CC(Oc1ccc(Br)cc1)C(=O)NCCCN.Cl. The first-order chi connectivity index (χ1) is 8.13. The Morgan fingerprint density at radius 2 is 2.06 bits per heavy atom. The van der Waals surface area contributed by atoms with Gasteiger partial charge in [0.2, 0.25) is 0 Å². The first kappa shape index (κ1) is 17.2. The quantitative estimate of drug-likeness (QED) is 0.781. The summed E-state index contributed by atoms with van der Waals surface area (Å²) in [5, 5.41) is 2.76. The van der Waals surface area contributed by atoms with E-state index in [9.17, 15) is 4.79 Å². The van der Waals surface area contributed by atoms with Crippen molar-refractivity contribution >= 4 is 34.2 Å². The maximum Gasteiger partial charge on any atom is 0.260 e. The molecule has 18 heavy (non-hydrogen) atoms. The third kappa shape index (κ3) is 6.23. The van der Waals surface area contributed by atoms with E-state index < -0.39 is 6.10 Å². The van der Waals surface area contributed by atoms with Crippen molar-refractivity contribution in [2.24, 2.45) is 5.73 Å². The highest BCUT2D eigenvalue weighted by molar-refractivity contribution is 9.10. The van der Waals surface area contributed by atoms with Gasteiger partial charge in [0.05, 0.1) is 0 Å². The van der Waals surface area contributed by atoms with Crippen LogP contribution in [0.15, 0.2) is 28.7 Å². The standard InChI is InChI=1S/C12H17BrN2O2.ClH/c1-9(12(16)15-8-2-7-14)17-11-5-3-10(13)4-6-11;/h3-6,9H,2,7-8,14H2,1H3,(H,15,16);1H. The molecule has 0 aliphatic heterocycles. The summed E-state index contributed by atoms with van der Waals surface area (Å²) in [6, 6.07) is 7.37. The van der Waals surface area contributed by atoms with E-state index in [-0.39, 0.29) is 18.3 Å². The molecule has 0 aliphatic carbocycles. The molecule has 102 valence electrons. The van der Waals surface area contributed by atoms with Gasteiger partial charge in [0.1, 0.15) is 5.75 Å². The fraction of sp³-hybridized carbons (Fsp3) is 0.417. The number of halogens is 2. The van der Waals surface area contributed by atoms with Gasteiger partial charge in [-0.2, -0.15) is 0 Å². The van der Waals surface area contributed by atoms with Crippen molar-refractivity contribution in [1.29, 1.82) is 0 Å². The highest BCUT2D eigenvalue weighted by atomic mass is 79.9. The number of carbonyl (C=O) groups is 1. The van der Waals surface area contributed by atoms with E-state index in [0.717, 1.165) is 10.9 Å². The topological polar surface area (TPSA) is 64.3 Å². The Hall–Kier alpha value is -0.780. The second kappa shape index (κ2) is 9.19. The first-order valence-corrected chi connectivity index (χ1v) is 6.33. The van der Waals surface area contributed by atoms with E-state index in [1.807, 2.05) is 24.3 Å². The molecule has 1 unspecified atom stereocenters. The van der Waals surface area contributed by atoms with Gasteiger partial charge < -0.3 is 15.8 Å². The number of amides is 1. The van der Waals surface area contributed by atoms with Crippen molar-refractivity contribution < 1.29 is 9.53 Å². The molecule has 0 heterocycles. The van der Waals surface area contributed by atoms with Gasteiger partial charge >= 0.3 is 0 Å². The minimum atomic E-state index is -0.506. The van der Waals surface area contributed by atoms with Gasteiger partial charge in [0.25, 0.3) is 5.91 Å². The molecular formula is C12H18BrClN2O2. The summed E-state index contributed by atoms with van der Waals surface area (Å²) in [4.78, 5) is 11.6. The molecule has 3 N–H and O–H groups in total. The molecule has 0 aliphatic rings. The number of benzene rings is 1. The number of carbonyl (C=O) groups excluding carboxylic acids is 1. The van der Waals surface area contributed by atoms with Gasteiger partial charge in [-0.15, -0.1) is 12.4 Å². The number of nitrogens with one attached hydrogen (secondary N) is 1. The number of hydrogen-bond donors (Lipinski definition) is 2. The lowest BCUT2D eigenvalue weighted by Crippen LogP contribution is -2.37. The molecule has 0 bridgehead atoms. The van der Waals surface area contributed by atoms with Crippen molar-refractivity contribution in [3.8, 4) is 5.75 Å². The van der Waals surface area contributed by atoms with Gasteiger partial charge in [0.15, 0.2) is 6.10 Å². The van der Waals surface area contributed by atoms with Gasteiger partial charge in [-0.25, -0.2) is 0 Å². The maximum absolute atomic E-state index is 11.6. The van der Waals surface area contributed by atoms with Crippen LogP contribution in [-0.2, 0) is 4.79 Å². The lowest BCUT2D eigenvalue weighted by Gasteiger charge is -2.14. The van der Waals surface area contributed by atoms with Crippen molar-refractivity contribution in [3.63, 3.8) is 0 Å². The molecule has 0 fully saturated rings. The number of ether oxygens (including phenoxy) is 1. The van der Waals surface area contributed by atoms with Crippen LogP contribution < -0.4 is 15.8 Å². The Labute approximate surface area is 122 Å². The molecule has 0 radical (unpaired) electrons. The fourth-order valence-electron chi connectivity index (χ4n) is 1.23. The van der Waals surface area contributed by atoms with Crippen LogP contribution in [0.25, 0.3) is 0 Å². The third-order valence-corrected chi connectivity index (χ3v) is 2.70. The molecule has 1 atom stereocenters. The van der Waals surface area contributed by atoms with Gasteiger partial charge in [0, 0.05) is 11.0 Å². The molecule has 0 spiro atoms. The first-order valence-electron chi connectivity index (χ1n) is 5.53. The Morgan fingerprint density at radius 1 is 1.44 bits per heavy atom.